The van der Waals surface area contributed by atoms with E-state index in [0.717, 1.165) is 21.9 Å². The van der Waals surface area contributed by atoms with Gasteiger partial charge in [-0.2, -0.15) is 0 Å². The number of nitrogens with one attached hydrogen (secondary N) is 1. The number of hydrogen-bond acceptors (Lipinski definition) is 4. The molecule has 3 nitrogen and oxygen atoms in total. The first kappa shape index (κ1) is 15.4. The Morgan fingerprint density at radius 1 is 1.19 bits per heavy atom. The lowest BCUT2D eigenvalue weighted by Gasteiger charge is -2.06. The van der Waals surface area contributed by atoms with Crippen LogP contribution in [0.2, 0.25) is 0 Å². The molecule has 0 amide bonds. The van der Waals surface area contributed by atoms with Crippen LogP contribution in [-0.4, -0.2) is 13.1 Å². The van der Waals surface area contributed by atoms with Gasteiger partial charge in [0.05, 0.1) is 13.5 Å². The minimum Gasteiger partial charge on any atom is -0.469 e. The Morgan fingerprint density at radius 2 is 1.81 bits per heavy atom. The maximum Gasteiger partial charge on any atom is 0.310 e. The average molecular weight is 315 g/mol. The van der Waals surface area contributed by atoms with Gasteiger partial charge in [-0.3, -0.25) is 4.79 Å². The van der Waals surface area contributed by atoms with Crippen molar-refractivity contribution in [3.05, 3.63) is 51.5 Å². The molecule has 1 heterocycles. The molecule has 1 N–H and O–H groups in total. The molecule has 0 saturated heterocycles. The highest BCUT2D eigenvalue weighted by Crippen LogP contribution is 2.21. The molecule has 1 aromatic heterocycles. The van der Waals surface area contributed by atoms with Gasteiger partial charge in [0.2, 0.25) is 0 Å². The van der Waals surface area contributed by atoms with Crippen LogP contribution in [0.15, 0.2) is 24.3 Å². The monoisotopic (exact) mass is 315 g/mol. The number of ether oxygens (including phenoxy) is 1. The van der Waals surface area contributed by atoms with Gasteiger partial charge in [0.1, 0.15) is 0 Å². The number of methoxy groups -OCH3 is 1. The lowest BCUT2D eigenvalue weighted by molar-refractivity contribution is -0.139. The molecule has 2 aromatic rings. The maximum absolute atomic E-state index is 13.0. The van der Waals surface area contributed by atoms with Crippen LogP contribution in [0.3, 0.4) is 0 Å². The maximum atomic E-state index is 13.0. The van der Waals surface area contributed by atoms with E-state index in [1.807, 2.05) is 0 Å². The van der Waals surface area contributed by atoms with Crippen LogP contribution in [0.1, 0.15) is 9.75 Å². The van der Waals surface area contributed by atoms with Gasteiger partial charge in [-0.15, -0.1) is 11.3 Å². The van der Waals surface area contributed by atoms with Crippen LogP contribution < -0.4 is 5.32 Å². The minimum atomic E-state index is -1.49. The summed E-state index contributed by atoms with van der Waals surface area (Å²) in [5, 5.41) is 2.80. The predicted octanol–water partition coefficient (Wildman–Crippen LogP) is 3.49. The second-order valence-corrected chi connectivity index (χ2v) is 5.48. The van der Waals surface area contributed by atoms with Crippen molar-refractivity contribution in [3.63, 3.8) is 0 Å². The van der Waals surface area contributed by atoms with Crippen molar-refractivity contribution in [2.75, 3.05) is 12.4 Å². The van der Waals surface area contributed by atoms with E-state index in [9.17, 15) is 18.0 Å². The van der Waals surface area contributed by atoms with Gasteiger partial charge < -0.3 is 10.1 Å². The van der Waals surface area contributed by atoms with Crippen LogP contribution in [-0.2, 0) is 22.5 Å². The summed E-state index contributed by atoms with van der Waals surface area (Å²) in [6, 6.07) is 5.36. The number of benzene rings is 1. The summed E-state index contributed by atoms with van der Waals surface area (Å²) in [6.45, 7) is 0.316. The number of carbonyl (C=O) groups is 1. The SMILES string of the molecule is COC(=O)Cc1ccc(CNc2cc(F)c(F)c(F)c2)s1. The van der Waals surface area contributed by atoms with E-state index in [1.54, 1.807) is 12.1 Å². The summed E-state index contributed by atoms with van der Waals surface area (Å²) in [6.07, 6.45) is 0.182. The molecule has 112 valence electrons. The minimum absolute atomic E-state index is 0.148. The van der Waals surface area contributed by atoms with E-state index in [0.29, 0.717) is 6.54 Å². The van der Waals surface area contributed by atoms with E-state index in [-0.39, 0.29) is 18.1 Å². The molecule has 0 aliphatic heterocycles. The molecule has 0 unspecified atom stereocenters. The zero-order chi connectivity index (χ0) is 15.4. The number of carbonyl (C=O) groups excluding carboxylic acids is 1. The van der Waals surface area contributed by atoms with Crippen molar-refractivity contribution in [1.82, 2.24) is 0 Å². The Labute approximate surface area is 123 Å². The lowest BCUT2D eigenvalue weighted by atomic mass is 10.3. The Balaban J connectivity index is 1.99. The summed E-state index contributed by atoms with van der Waals surface area (Å²) >= 11 is 1.38. The number of hydrogen-bond donors (Lipinski definition) is 1. The van der Waals surface area contributed by atoms with Gasteiger partial charge in [-0.25, -0.2) is 13.2 Å². The van der Waals surface area contributed by atoms with Gasteiger partial charge >= 0.3 is 5.97 Å². The first-order chi connectivity index (χ1) is 9.99. The van der Waals surface area contributed by atoms with Gasteiger partial charge in [0, 0.05) is 34.1 Å². The summed E-state index contributed by atoms with van der Waals surface area (Å²) < 4.78 is 43.5. The highest BCUT2D eigenvalue weighted by molar-refractivity contribution is 7.12. The summed E-state index contributed by atoms with van der Waals surface area (Å²) in [5.74, 6) is -4.30. The van der Waals surface area contributed by atoms with E-state index < -0.39 is 17.5 Å². The molecular weight excluding hydrogens is 303 g/mol. The molecule has 0 fully saturated rings. The second kappa shape index (κ2) is 6.62. The molecule has 0 bridgehead atoms. The van der Waals surface area contributed by atoms with Crippen molar-refractivity contribution in [3.8, 4) is 0 Å². The average Bonchev–Trinajstić information content (AvgIpc) is 2.89. The first-order valence-corrected chi connectivity index (χ1v) is 6.84. The Morgan fingerprint density at radius 3 is 2.43 bits per heavy atom. The van der Waals surface area contributed by atoms with Crippen LogP contribution in [0.4, 0.5) is 18.9 Å². The second-order valence-electron chi connectivity index (χ2n) is 4.23. The first-order valence-electron chi connectivity index (χ1n) is 6.02. The quantitative estimate of drug-likeness (QED) is 0.678. The standard InChI is InChI=1S/C14H12F3NO2S/c1-20-13(19)6-9-2-3-10(21-9)7-18-8-4-11(15)14(17)12(16)5-8/h2-5,18H,6-7H2,1H3. The van der Waals surface area contributed by atoms with Crippen LogP contribution >= 0.6 is 11.3 Å². The third-order valence-corrected chi connectivity index (χ3v) is 3.80. The topological polar surface area (TPSA) is 38.3 Å². The summed E-state index contributed by atoms with van der Waals surface area (Å²) in [7, 11) is 1.32. The third-order valence-electron chi connectivity index (χ3n) is 2.71. The summed E-state index contributed by atoms with van der Waals surface area (Å²) in [4.78, 5) is 12.8. The molecule has 1 aromatic carbocycles. The smallest absolute Gasteiger partial charge is 0.310 e. The molecule has 2 rings (SSSR count). The van der Waals surface area contributed by atoms with E-state index in [2.05, 4.69) is 10.1 Å². The van der Waals surface area contributed by atoms with Gasteiger partial charge in [-0.1, -0.05) is 0 Å². The molecule has 0 aliphatic rings. The van der Waals surface area contributed by atoms with E-state index in [4.69, 9.17) is 0 Å². The Kier molecular flexibility index (Phi) is 4.85. The van der Waals surface area contributed by atoms with E-state index >= 15 is 0 Å². The zero-order valence-electron chi connectivity index (χ0n) is 11.1. The molecule has 0 radical (unpaired) electrons. The largest absolute Gasteiger partial charge is 0.469 e. The van der Waals surface area contributed by atoms with Gasteiger partial charge in [0.25, 0.3) is 0 Å². The van der Waals surface area contributed by atoms with Crippen LogP contribution in [0, 0.1) is 17.5 Å². The molecule has 0 saturated carbocycles. The Bertz CT molecular complexity index is 634. The molecule has 21 heavy (non-hydrogen) atoms. The normalized spacial score (nSPS) is 10.5. The zero-order valence-corrected chi connectivity index (χ0v) is 11.9. The van der Waals surface area contributed by atoms with Crippen molar-refractivity contribution < 1.29 is 22.7 Å². The highest BCUT2D eigenvalue weighted by atomic mass is 32.1. The van der Waals surface area contributed by atoms with Crippen molar-refractivity contribution in [1.29, 1.82) is 0 Å². The highest BCUT2D eigenvalue weighted by Gasteiger charge is 2.11. The fourth-order valence-electron chi connectivity index (χ4n) is 1.67. The molecular formula is C14H12F3NO2S. The van der Waals surface area contributed by atoms with Gasteiger partial charge in [-0.05, 0) is 12.1 Å². The fourth-order valence-corrected chi connectivity index (χ4v) is 2.62. The third kappa shape index (κ3) is 3.98. The Hall–Kier alpha value is -2.02. The fraction of sp³-hybridized carbons (Fsp3) is 0.214. The van der Waals surface area contributed by atoms with Crippen LogP contribution in [0.5, 0.6) is 0 Å². The number of halogens is 3. The lowest BCUT2D eigenvalue weighted by Crippen LogP contribution is -2.02. The predicted molar refractivity (Wildman–Crippen MR) is 73.7 cm³/mol. The molecule has 0 aliphatic carbocycles. The molecule has 0 spiro atoms. The number of anilines is 1. The number of thiophene rings is 1. The van der Waals surface area contributed by atoms with Crippen molar-refractivity contribution >= 4 is 23.0 Å². The van der Waals surface area contributed by atoms with Crippen molar-refractivity contribution in [2.45, 2.75) is 13.0 Å². The molecule has 0 atom stereocenters. The number of esters is 1. The number of rotatable bonds is 5. The van der Waals surface area contributed by atoms with Crippen LogP contribution in [0.25, 0.3) is 0 Å². The van der Waals surface area contributed by atoms with Gasteiger partial charge in [0.15, 0.2) is 17.5 Å². The summed E-state index contributed by atoms with van der Waals surface area (Å²) in [5.41, 5.74) is 0.148. The van der Waals surface area contributed by atoms with E-state index in [1.165, 1.54) is 18.4 Å². The molecule has 7 heteroatoms. The van der Waals surface area contributed by atoms with Crippen molar-refractivity contribution in [2.24, 2.45) is 0 Å².